The quantitative estimate of drug-likeness (QED) is 0.429. The summed E-state index contributed by atoms with van der Waals surface area (Å²) in [5.41, 5.74) is 2.81. The number of carboxylic acids is 1. The van der Waals surface area contributed by atoms with Crippen LogP contribution in [0.4, 0.5) is 0 Å². The van der Waals surface area contributed by atoms with Crippen LogP contribution in [0.25, 0.3) is 0 Å². The summed E-state index contributed by atoms with van der Waals surface area (Å²) < 4.78 is 17.6. The summed E-state index contributed by atoms with van der Waals surface area (Å²) in [4.78, 5) is 11.5. The number of carboxylic acid groups (broad SMARTS) is 1. The second kappa shape index (κ2) is 7.60. The van der Waals surface area contributed by atoms with Crippen LogP contribution in [-0.4, -0.2) is 38.2 Å². The highest BCUT2D eigenvalue weighted by molar-refractivity contribution is 6.76. The van der Waals surface area contributed by atoms with Gasteiger partial charge in [0.05, 0.1) is 0 Å². The molecule has 146 valence electrons. The first-order valence-corrected chi connectivity index (χ1v) is 12.9. The van der Waals surface area contributed by atoms with E-state index in [1.807, 2.05) is 20.8 Å². The van der Waals surface area contributed by atoms with Crippen LogP contribution in [0.15, 0.2) is 0 Å². The largest absolute Gasteiger partial charge is 0.478 e. The van der Waals surface area contributed by atoms with Crippen LogP contribution in [-0.2, 0) is 16.0 Å². The molecule has 0 aromatic heterocycles. The summed E-state index contributed by atoms with van der Waals surface area (Å²) in [5, 5.41) is 9.47. The van der Waals surface area contributed by atoms with Gasteiger partial charge in [0.1, 0.15) is 11.5 Å². The van der Waals surface area contributed by atoms with Crippen molar-refractivity contribution < 1.29 is 24.1 Å². The Morgan fingerprint density at radius 1 is 1.19 bits per heavy atom. The summed E-state index contributed by atoms with van der Waals surface area (Å²) in [6.07, 6.45) is 1.11. The van der Waals surface area contributed by atoms with Gasteiger partial charge in [0, 0.05) is 26.7 Å². The molecule has 26 heavy (non-hydrogen) atoms. The molecule has 0 saturated heterocycles. The number of ether oxygens (including phenoxy) is 3. The van der Waals surface area contributed by atoms with E-state index < -0.39 is 19.6 Å². The zero-order chi connectivity index (χ0) is 19.7. The van der Waals surface area contributed by atoms with E-state index >= 15 is 0 Å². The lowest BCUT2D eigenvalue weighted by Crippen LogP contribution is -2.44. The van der Waals surface area contributed by atoms with E-state index in [1.54, 1.807) is 6.92 Å². The predicted octanol–water partition coefficient (Wildman–Crippen LogP) is 4.47. The van der Waals surface area contributed by atoms with E-state index in [4.69, 9.17) is 14.2 Å². The molecule has 1 aromatic carbocycles. The molecule has 1 atom stereocenters. The average molecular weight is 381 g/mol. The van der Waals surface area contributed by atoms with Crippen LogP contribution in [0.3, 0.4) is 0 Å². The van der Waals surface area contributed by atoms with Gasteiger partial charge < -0.3 is 19.3 Å². The normalized spacial score (nSPS) is 19.7. The molecule has 1 N–H and O–H groups in total. The minimum Gasteiger partial charge on any atom is -0.478 e. The maximum absolute atomic E-state index is 11.5. The first kappa shape index (κ1) is 20.8. The minimum atomic E-state index is -1.17. The summed E-state index contributed by atoms with van der Waals surface area (Å²) in [6.45, 7) is 15.5. The van der Waals surface area contributed by atoms with Crippen LogP contribution < -0.4 is 9.47 Å². The Balaban J connectivity index is 2.16. The maximum atomic E-state index is 11.5. The van der Waals surface area contributed by atoms with Crippen LogP contribution in [0.2, 0.25) is 25.7 Å². The van der Waals surface area contributed by atoms with Gasteiger partial charge in [-0.25, -0.2) is 4.79 Å². The monoisotopic (exact) mass is 380 g/mol. The van der Waals surface area contributed by atoms with Crippen molar-refractivity contribution in [3.8, 4) is 11.5 Å². The highest BCUT2D eigenvalue weighted by atomic mass is 28.3. The van der Waals surface area contributed by atoms with Crippen molar-refractivity contribution in [2.45, 2.75) is 71.8 Å². The zero-order valence-corrected chi connectivity index (χ0v) is 18.1. The van der Waals surface area contributed by atoms with Gasteiger partial charge >= 0.3 is 5.97 Å². The highest BCUT2D eigenvalue weighted by Crippen LogP contribution is 2.43. The molecule has 1 heterocycles. The molecule has 6 heteroatoms. The van der Waals surface area contributed by atoms with E-state index in [9.17, 15) is 9.90 Å². The second-order valence-electron chi connectivity index (χ2n) is 8.63. The fourth-order valence-corrected chi connectivity index (χ4v) is 3.90. The van der Waals surface area contributed by atoms with Crippen LogP contribution >= 0.6 is 0 Å². The van der Waals surface area contributed by atoms with Gasteiger partial charge in [-0.15, -0.1) is 0 Å². The molecule has 0 amide bonds. The van der Waals surface area contributed by atoms with E-state index in [0.29, 0.717) is 18.6 Å². The summed E-state index contributed by atoms with van der Waals surface area (Å²) in [6, 6.07) is 1.11. The summed E-state index contributed by atoms with van der Waals surface area (Å²) in [5.74, 6) is 0.605. The Hall–Kier alpha value is -1.53. The van der Waals surface area contributed by atoms with E-state index in [1.165, 1.54) is 0 Å². The number of carbonyl (C=O) groups is 1. The topological polar surface area (TPSA) is 65.0 Å². The molecule has 1 unspecified atom stereocenters. The third-order valence-electron chi connectivity index (χ3n) is 5.23. The average Bonchev–Trinajstić information content (AvgIpc) is 2.54. The van der Waals surface area contributed by atoms with Crippen molar-refractivity contribution in [3.63, 3.8) is 0 Å². The maximum Gasteiger partial charge on any atom is 0.347 e. The van der Waals surface area contributed by atoms with Crippen molar-refractivity contribution >= 4 is 14.0 Å². The number of rotatable bonds is 7. The van der Waals surface area contributed by atoms with Crippen molar-refractivity contribution in [2.75, 3.05) is 13.4 Å². The molecule has 2 rings (SSSR count). The van der Waals surface area contributed by atoms with Crippen molar-refractivity contribution in [1.82, 2.24) is 0 Å². The molecule has 0 bridgehead atoms. The van der Waals surface area contributed by atoms with Gasteiger partial charge in [-0.1, -0.05) is 19.6 Å². The molecule has 0 spiro atoms. The van der Waals surface area contributed by atoms with Gasteiger partial charge in [-0.2, -0.15) is 0 Å². The van der Waals surface area contributed by atoms with Crippen molar-refractivity contribution in [3.05, 3.63) is 22.3 Å². The number of benzene rings is 1. The fourth-order valence-electron chi connectivity index (χ4n) is 3.14. The number of aliphatic carboxylic acids is 1. The molecular weight excluding hydrogens is 348 g/mol. The Morgan fingerprint density at radius 3 is 2.42 bits per heavy atom. The van der Waals surface area contributed by atoms with Gasteiger partial charge in [0.25, 0.3) is 0 Å². The van der Waals surface area contributed by atoms with Crippen LogP contribution in [0.1, 0.15) is 35.6 Å². The van der Waals surface area contributed by atoms with E-state index in [0.717, 1.165) is 40.7 Å². The Bertz CT molecular complexity index is 693. The Morgan fingerprint density at radius 2 is 1.85 bits per heavy atom. The zero-order valence-electron chi connectivity index (χ0n) is 17.1. The third kappa shape index (κ3) is 4.41. The standard InChI is InChI=1S/C20H32O5Si/c1-13-14(2)18-16(8-9-20(4,25-18)19(21)22)15(3)17(13)24-12-23-10-11-26(5,6)7/h8-12H2,1-7H3,(H,21,22). The lowest BCUT2D eigenvalue weighted by Gasteiger charge is -2.35. The smallest absolute Gasteiger partial charge is 0.347 e. The first-order valence-electron chi connectivity index (χ1n) is 9.22. The molecule has 1 aromatic rings. The lowest BCUT2D eigenvalue weighted by molar-refractivity contribution is -0.155. The summed E-state index contributed by atoms with van der Waals surface area (Å²) >= 11 is 0. The van der Waals surface area contributed by atoms with Gasteiger partial charge in [0.15, 0.2) is 6.79 Å². The fraction of sp³-hybridized carbons (Fsp3) is 0.650. The number of hydrogen-bond acceptors (Lipinski definition) is 4. The van der Waals surface area contributed by atoms with Crippen LogP contribution in [0, 0.1) is 20.8 Å². The van der Waals surface area contributed by atoms with Gasteiger partial charge in [-0.05, 0) is 56.9 Å². The van der Waals surface area contributed by atoms with Crippen molar-refractivity contribution in [1.29, 1.82) is 0 Å². The SMILES string of the molecule is Cc1c(C)c2c(c(C)c1OCOCC[Si](C)(C)C)CCC(C)(C(=O)O)O2. The molecule has 0 fully saturated rings. The Labute approximate surface area is 157 Å². The molecule has 0 radical (unpaired) electrons. The minimum absolute atomic E-state index is 0.234. The molecule has 1 aliphatic rings. The van der Waals surface area contributed by atoms with Crippen LogP contribution in [0.5, 0.6) is 11.5 Å². The molecular formula is C20H32O5Si. The van der Waals surface area contributed by atoms with E-state index in [-0.39, 0.29) is 6.79 Å². The van der Waals surface area contributed by atoms with E-state index in [2.05, 4.69) is 19.6 Å². The number of fused-ring (bicyclic) bond motifs is 1. The lowest BCUT2D eigenvalue weighted by atomic mass is 9.87. The first-order chi connectivity index (χ1) is 12.0. The highest BCUT2D eigenvalue weighted by Gasteiger charge is 2.40. The molecule has 1 aliphatic heterocycles. The predicted molar refractivity (Wildman–Crippen MR) is 105 cm³/mol. The third-order valence-corrected chi connectivity index (χ3v) is 6.93. The van der Waals surface area contributed by atoms with Gasteiger partial charge in [0.2, 0.25) is 5.60 Å². The second-order valence-corrected chi connectivity index (χ2v) is 14.3. The Kier molecular flexibility index (Phi) is 6.08. The van der Waals surface area contributed by atoms with Gasteiger partial charge in [-0.3, -0.25) is 0 Å². The molecule has 0 aliphatic carbocycles. The number of hydrogen-bond donors (Lipinski definition) is 1. The molecule has 5 nitrogen and oxygen atoms in total. The molecule has 0 saturated carbocycles. The summed E-state index contributed by atoms with van der Waals surface area (Å²) in [7, 11) is -1.10. The van der Waals surface area contributed by atoms with Crippen molar-refractivity contribution in [2.24, 2.45) is 0 Å².